The first-order chi connectivity index (χ1) is 8.64. The molecule has 0 spiro atoms. The molecule has 2 N–H and O–H groups in total. The topological polar surface area (TPSA) is 44.5 Å². The van der Waals surface area contributed by atoms with Gasteiger partial charge in [0.2, 0.25) is 0 Å². The SMILES string of the molecule is COC(C)(C)CC(N)c1ccccc1OC(F)(F)F. The van der Waals surface area contributed by atoms with Crippen molar-refractivity contribution >= 4 is 0 Å². The number of methoxy groups -OCH3 is 1. The quantitative estimate of drug-likeness (QED) is 0.897. The van der Waals surface area contributed by atoms with Crippen molar-refractivity contribution in [2.45, 2.75) is 38.3 Å². The Balaban J connectivity index is 2.94. The fourth-order valence-corrected chi connectivity index (χ4v) is 1.73. The van der Waals surface area contributed by atoms with E-state index in [1.165, 1.54) is 25.3 Å². The Bertz CT molecular complexity index is 419. The average molecular weight is 277 g/mol. The zero-order valence-electron chi connectivity index (χ0n) is 11.1. The summed E-state index contributed by atoms with van der Waals surface area (Å²) in [5.41, 5.74) is 5.74. The summed E-state index contributed by atoms with van der Waals surface area (Å²) in [5.74, 6) is -0.269. The molecule has 1 unspecified atom stereocenters. The van der Waals surface area contributed by atoms with Crippen LogP contribution in [0.15, 0.2) is 24.3 Å². The van der Waals surface area contributed by atoms with Gasteiger partial charge in [0.25, 0.3) is 0 Å². The molecule has 1 rings (SSSR count). The minimum Gasteiger partial charge on any atom is -0.405 e. The number of ether oxygens (including phenoxy) is 2. The zero-order chi connectivity index (χ0) is 14.7. The number of hydrogen-bond donors (Lipinski definition) is 1. The smallest absolute Gasteiger partial charge is 0.405 e. The number of halogens is 3. The van der Waals surface area contributed by atoms with Crippen LogP contribution in [-0.2, 0) is 4.74 Å². The lowest BCUT2D eigenvalue weighted by molar-refractivity contribution is -0.275. The molecule has 1 aromatic rings. The minimum absolute atomic E-state index is 0.269. The Labute approximate surface area is 110 Å². The van der Waals surface area contributed by atoms with Gasteiger partial charge in [0.15, 0.2) is 0 Å². The minimum atomic E-state index is -4.73. The monoisotopic (exact) mass is 277 g/mol. The number of nitrogens with two attached hydrogens (primary N) is 1. The Morgan fingerprint density at radius 1 is 1.21 bits per heavy atom. The molecule has 0 radical (unpaired) electrons. The number of hydrogen-bond acceptors (Lipinski definition) is 3. The standard InChI is InChI=1S/C13H18F3NO2/c1-12(2,18-3)8-10(17)9-6-4-5-7-11(9)19-13(14,15)16/h4-7,10H,8,17H2,1-3H3. The van der Waals surface area contributed by atoms with E-state index in [0.717, 1.165) is 0 Å². The van der Waals surface area contributed by atoms with E-state index < -0.39 is 18.0 Å². The van der Waals surface area contributed by atoms with E-state index in [1.54, 1.807) is 6.07 Å². The predicted octanol–water partition coefficient (Wildman–Crippen LogP) is 3.40. The van der Waals surface area contributed by atoms with Crippen LogP contribution < -0.4 is 10.5 Å². The zero-order valence-corrected chi connectivity index (χ0v) is 11.1. The maximum Gasteiger partial charge on any atom is 0.573 e. The molecule has 0 heterocycles. The van der Waals surface area contributed by atoms with Crippen LogP contribution in [0.4, 0.5) is 13.2 Å². The molecule has 0 aliphatic carbocycles. The highest BCUT2D eigenvalue weighted by Crippen LogP contribution is 2.33. The maximum atomic E-state index is 12.3. The number of alkyl halides is 3. The van der Waals surface area contributed by atoms with E-state index in [1.807, 2.05) is 13.8 Å². The second kappa shape index (κ2) is 5.79. The first-order valence-electron chi connectivity index (χ1n) is 5.80. The summed E-state index contributed by atoms with van der Waals surface area (Å²) in [5, 5.41) is 0. The molecule has 0 saturated heterocycles. The lowest BCUT2D eigenvalue weighted by atomic mass is 9.94. The van der Waals surface area contributed by atoms with Crippen molar-refractivity contribution < 1.29 is 22.6 Å². The van der Waals surface area contributed by atoms with Gasteiger partial charge >= 0.3 is 6.36 Å². The molecule has 3 nitrogen and oxygen atoms in total. The third-order valence-corrected chi connectivity index (χ3v) is 2.81. The van der Waals surface area contributed by atoms with Gasteiger partial charge in [-0.25, -0.2) is 0 Å². The van der Waals surface area contributed by atoms with Gasteiger partial charge in [-0.1, -0.05) is 18.2 Å². The van der Waals surface area contributed by atoms with Crippen molar-refractivity contribution in [2.75, 3.05) is 7.11 Å². The summed E-state index contributed by atoms with van der Waals surface area (Å²) in [6.07, 6.45) is -4.35. The van der Waals surface area contributed by atoms with E-state index >= 15 is 0 Å². The van der Waals surface area contributed by atoms with Crippen LogP contribution in [0.2, 0.25) is 0 Å². The molecule has 0 aliphatic heterocycles. The van der Waals surface area contributed by atoms with Crippen LogP contribution in [-0.4, -0.2) is 19.1 Å². The maximum absolute atomic E-state index is 12.3. The third kappa shape index (κ3) is 5.08. The van der Waals surface area contributed by atoms with Crippen LogP contribution in [0.5, 0.6) is 5.75 Å². The van der Waals surface area contributed by atoms with E-state index in [0.29, 0.717) is 12.0 Å². The molecule has 0 amide bonds. The van der Waals surface area contributed by atoms with Gasteiger partial charge in [-0.2, -0.15) is 0 Å². The van der Waals surface area contributed by atoms with Crippen molar-refractivity contribution in [3.05, 3.63) is 29.8 Å². The molecule has 19 heavy (non-hydrogen) atoms. The van der Waals surface area contributed by atoms with Crippen LogP contribution in [0.3, 0.4) is 0 Å². The summed E-state index contributed by atoms with van der Waals surface area (Å²) in [4.78, 5) is 0. The average Bonchev–Trinajstić information content (AvgIpc) is 2.27. The van der Waals surface area contributed by atoms with Crippen molar-refractivity contribution in [1.29, 1.82) is 0 Å². The highest BCUT2D eigenvalue weighted by Gasteiger charge is 2.33. The number of para-hydroxylation sites is 1. The first-order valence-corrected chi connectivity index (χ1v) is 5.80. The van der Waals surface area contributed by atoms with Gasteiger partial charge in [-0.05, 0) is 26.3 Å². The molecule has 1 atom stereocenters. The fourth-order valence-electron chi connectivity index (χ4n) is 1.73. The van der Waals surface area contributed by atoms with Gasteiger partial charge in [-0.15, -0.1) is 13.2 Å². The highest BCUT2D eigenvalue weighted by molar-refractivity contribution is 5.36. The summed E-state index contributed by atoms with van der Waals surface area (Å²) < 4.78 is 46.1. The molecule has 0 aliphatic rings. The Morgan fingerprint density at radius 3 is 2.32 bits per heavy atom. The van der Waals surface area contributed by atoms with Crippen LogP contribution >= 0.6 is 0 Å². The second-order valence-corrected chi connectivity index (χ2v) is 4.86. The molecule has 0 bridgehead atoms. The normalized spacial score (nSPS) is 14.3. The van der Waals surface area contributed by atoms with Gasteiger partial charge in [0.05, 0.1) is 5.60 Å². The lowest BCUT2D eigenvalue weighted by Gasteiger charge is -2.27. The van der Waals surface area contributed by atoms with Crippen LogP contribution in [0.25, 0.3) is 0 Å². The van der Waals surface area contributed by atoms with Gasteiger partial charge in [0, 0.05) is 18.7 Å². The molecule has 0 fully saturated rings. The number of benzene rings is 1. The van der Waals surface area contributed by atoms with Crippen LogP contribution in [0.1, 0.15) is 31.9 Å². The summed E-state index contributed by atoms with van der Waals surface area (Å²) in [6.45, 7) is 3.64. The van der Waals surface area contributed by atoms with Crippen molar-refractivity contribution in [1.82, 2.24) is 0 Å². The van der Waals surface area contributed by atoms with Gasteiger partial charge < -0.3 is 15.2 Å². The van der Waals surface area contributed by atoms with Gasteiger partial charge in [0.1, 0.15) is 5.75 Å². The Morgan fingerprint density at radius 2 is 1.79 bits per heavy atom. The van der Waals surface area contributed by atoms with E-state index in [-0.39, 0.29) is 5.75 Å². The van der Waals surface area contributed by atoms with Crippen LogP contribution in [0, 0.1) is 0 Å². The second-order valence-electron chi connectivity index (χ2n) is 4.86. The summed E-state index contributed by atoms with van der Waals surface area (Å²) in [7, 11) is 1.53. The van der Waals surface area contributed by atoms with Crippen molar-refractivity contribution in [3.63, 3.8) is 0 Å². The van der Waals surface area contributed by atoms with Gasteiger partial charge in [-0.3, -0.25) is 0 Å². The third-order valence-electron chi connectivity index (χ3n) is 2.81. The molecule has 108 valence electrons. The van der Waals surface area contributed by atoms with Crippen molar-refractivity contribution in [3.8, 4) is 5.75 Å². The molecule has 0 saturated carbocycles. The molecule has 1 aromatic carbocycles. The van der Waals surface area contributed by atoms with Crippen molar-refractivity contribution in [2.24, 2.45) is 5.73 Å². The number of rotatable bonds is 5. The van der Waals surface area contributed by atoms with E-state index in [4.69, 9.17) is 10.5 Å². The molecular formula is C13H18F3NO2. The fraction of sp³-hybridized carbons (Fsp3) is 0.538. The predicted molar refractivity (Wildman–Crippen MR) is 65.8 cm³/mol. The summed E-state index contributed by atoms with van der Waals surface area (Å²) in [6, 6.07) is 5.27. The Kier molecular flexibility index (Phi) is 4.81. The summed E-state index contributed by atoms with van der Waals surface area (Å²) >= 11 is 0. The molecular weight excluding hydrogens is 259 g/mol. The van der Waals surface area contributed by atoms with E-state index in [2.05, 4.69) is 4.74 Å². The largest absolute Gasteiger partial charge is 0.573 e. The first kappa shape index (κ1) is 15.8. The lowest BCUT2D eigenvalue weighted by Crippen LogP contribution is -2.29. The highest BCUT2D eigenvalue weighted by atomic mass is 19.4. The molecule has 0 aromatic heterocycles. The Hall–Kier alpha value is -1.27. The van der Waals surface area contributed by atoms with E-state index in [9.17, 15) is 13.2 Å². The molecule has 6 heteroatoms.